The average Bonchev–Trinajstić information content (AvgIpc) is 3.61. The molecule has 2 N–H and O–H groups in total. The monoisotopic (exact) mass is 502 g/mol. The maximum Gasteiger partial charge on any atom is 0.330 e. The maximum absolute atomic E-state index is 12.6. The first-order valence-corrected chi connectivity index (χ1v) is 13.5. The van der Waals surface area contributed by atoms with Crippen molar-refractivity contribution >= 4 is 5.97 Å². The highest BCUT2D eigenvalue weighted by molar-refractivity contribution is 5.82. The number of hydrogen-bond donors (Lipinski definition) is 2. The van der Waals surface area contributed by atoms with Gasteiger partial charge in [0, 0.05) is 19.1 Å². The van der Waals surface area contributed by atoms with Gasteiger partial charge in [-0.3, -0.25) is 0 Å². The van der Waals surface area contributed by atoms with Gasteiger partial charge in [0.1, 0.15) is 18.3 Å². The Kier molecular flexibility index (Phi) is 9.96. The molecule has 0 aliphatic carbocycles. The van der Waals surface area contributed by atoms with Gasteiger partial charge in [-0.25, -0.2) is 4.79 Å². The van der Waals surface area contributed by atoms with Gasteiger partial charge in [-0.15, -0.1) is 0 Å². The van der Waals surface area contributed by atoms with Crippen molar-refractivity contribution < 1.29 is 34.0 Å². The van der Waals surface area contributed by atoms with Crippen LogP contribution in [0.25, 0.3) is 0 Å². The summed E-state index contributed by atoms with van der Waals surface area (Å²) in [6.07, 6.45) is 14.7. The summed E-state index contributed by atoms with van der Waals surface area (Å²) < 4.78 is 23.3. The first kappa shape index (κ1) is 27.3. The predicted molar refractivity (Wildman–Crippen MR) is 136 cm³/mol. The predicted octanol–water partition coefficient (Wildman–Crippen LogP) is 3.94. The van der Waals surface area contributed by atoms with Gasteiger partial charge in [0.25, 0.3) is 0 Å². The van der Waals surface area contributed by atoms with E-state index < -0.39 is 24.3 Å². The highest BCUT2D eigenvalue weighted by Crippen LogP contribution is 2.34. The molecule has 36 heavy (non-hydrogen) atoms. The molecule has 7 nitrogen and oxygen atoms in total. The molecule has 0 radical (unpaired) electrons. The van der Waals surface area contributed by atoms with Crippen LogP contribution in [-0.2, 0) is 23.7 Å². The van der Waals surface area contributed by atoms with Crippen molar-refractivity contribution in [2.24, 2.45) is 5.92 Å². The summed E-state index contributed by atoms with van der Waals surface area (Å²) in [5.74, 6) is 0.0540. The Morgan fingerprint density at radius 1 is 1.17 bits per heavy atom. The maximum atomic E-state index is 12.6. The van der Waals surface area contributed by atoms with Crippen molar-refractivity contribution in [3.63, 3.8) is 0 Å². The summed E-state index contributed by atoms with van der Waals surface area (Å²) in [7, 11) is 0. The van der Waals surface area contributed by atoms with Crippen molar-refractivity contribution in [2.45, 2.75) is 114 Å². The average molecular weight is 503 g/mol. The van der Waals surface area contributed by atoms with Crippen LogP contribution >= 0.6 is 0 Å². The lowest BCUT2D eigenvalue weighted by molar-refractivity contribution is -0.148. The van der Waals surface area contributed by atoms with Crippen molar-refractivity contribution in [1.29, 1.82) is 0 Å². The van der Waals surface area contributed by atoms with Gasteiger partial charge < -0.3 is 29.2 Å². The van der Waals surface area contributed by atoms with Crippen LogP contribution in [0.4, 0.5) is 0 Å². The standard InChI is InChI=1S/C29H42O7/c1-19-6-3-7-21-8-4-9-22(34-21)10-5-11-28(32)35-26(18-27-29(36-27)25(31)17-19)24(30)13-12-23-16-20(2)14-15-33-23/h4-5,9,11-13,20-27,29-31H,1,3,6-8,10,14-18H2,2H3/b11-5-,13-12+/t20?,21-,22+,23?,24+,25+,26?,27+,29+/m1/s1. The van der Waals surface area contributed by atoms with E-state index in [1.165, 1.54) is 6.08 Å². The van der Waals surface area contributed by atoms with Crippen LogP contribution in [0, 0.1) is 5.92 Å². The van der Waals surface area contributed by atoms with Gasteiger partial charge in [-0.05, 0) is 57.3 Å². The number of fused-ring (bicyclic) bond motifs is 3. The fourth-order valence-corrected chi connectivity index (χ4v) is 5.30. The van der Waals surface area contributed by atoms with Gasteiger partial charge in [0.05, 0.1) is 30.5 Å². The minimum atomic E-state index is -1.00. The van der Waals surface area contributed by atoms with Crippen LogP contribution in [0.15, 0.2) is 48.6 Å². The van der Waals surface area contributed by atoms with E-state index in [2.05, 4.69) is 19.6 Å². The van der Waals surface area contributed by atoms with Crippen LogP contribution in [0.2, 0.25) is 0 Å². The fraction of sp³-hybridized carbons (Fsp3) is 0.690. The smallest absolute Gasteiger partial charge is 0.330 e. The van der Waals surface area contributed by atoms with Gasteiger partial charge in [0.15, 0.2) is 0 Å². The molecule has 2 bridgehead atoms. The Labute approximate surface area is 214 Å². The molecule has 4 aliphatic heterocycles. The number of aliphatic hydroxyl groups excluding tert-OH is 2. The molecule has 2 fully saturated rings. The molecule has 0 amide bonds. The first-order valence-electron chi connectivity index (χ1n) is 13.5. The normalized spacial score (nSPS) is 40.5. The summed E-state index contributed by atoms with van der Waals surface area (Å²) in [6, 6.07) is 0. The molecular formula is C29H42O7. The van der Waals surface area contributed by atoms with Crippen molar-refractivity contribution in [1.82, 2.24) is 0 Å². The van der Waals surface area contributed by atoms with E-state index in [0.717, 1.165) is 44.1 Å². The van der Waals surface area contributed by atoms with Crippen molar-refractivity contribution in [3.05, 3.63) is 48.6 Å². The summed E-state index contributed by atoms with van der Waals surface area (Å²) in [5, 5.41) is 21.6. The van der Waals surface area contributed by atoms with E-state index in [-0.39, 0.29) is 30.5 Å². The molecule has 4 rings (SSSR count). The lowest BCUT2D eigenvalue weighted by atomic mass is 9.96. The Hall–Kier alpha value is -1.77. The lowest BCUT2D eigenvalue weighted by Gasteiger charge is -2.26. The summed E-state index contributed by atoms with van der Waals surface area (Å²) in [6.45, 7) is 7.04. The van der Waals surface area contributed by atoms with E-state index >= 15 is 0 Å². The zero-order valence-corrected chi connectivity index (χ0v) is 21.4. The molecule has 0 aromatic rings. The Bertz CT molecular complexity index is 833. The van der Waals surface area contributed by atoms with E-state index in [1.54, 1.807) is 12.2 Å². The number of aliphatic hydroxyl groups is 2. The SMILES string of the molecule is C=C1CCC[C@@H]2CC=C[C@@H](C/C=C\C(=O)OC([C@@H](O)/C=C/C3CC(C)CCO3)C[C@@H]3O[C@H]3[C@@H](O)C1)O2. The largest absolute Gasteiger partial charge is 0.456 e. The van der Waals surface area contributed by atoms with Gasteiger partial charge in [-0.1, -0.05) is 49.5 Å². The molecule has 0 aromatic carbocycles. The van der Waals surface area contributed by atoms with Crippen LogP contribution in [0.1, 0.15) is 64.7 Å². The molecule has 0 spiro atoms. The minimum Gasteiger partial charge on any atom is -0.456 e. The Morgan fingerprint density at radius 2 is 2.03 bits per heavy atom. The molecule has 200 valence electrons. The topological polar surface area (TPSA) is 97.8 Å². The second-order valence-electron chi connectivity index (χ2n) is 10.8. The lowest BCUT2D eigenvalue weighted by Crippen LogP contribution is -2.32. The van der Waals surface area contributed by atoms with Gasteiger partial charge in [0.2, 0.25) is 0 Å². The van der Waals surface area contributed by atoms with Gasteiger partial charge in [-0.2, -0.15) is 0 Å². The molecule has 7 heteroatoms. The van der Waals surface area contributed by atoms with Crippen LogP contribution in [0.5, 0.6) is 0 Å². The number of ether oxygens (including phenoxy) is 4. The molecule has 4 aliphatic rings. The van der Waals surface area contributed by atoms with Crippen LogP contribution in [0.3, 0.4) is 0 Å². The molecule has 0 aromatic heterocycles. The number of rotatable bonds is 3. The number of carbonyl (C=O) groups excluding carboxylic acids is 1. The van der Waals surface area contributed by atoms with E-state index in [0.29, 0.717) is 31.8 Å². The fourth-order valence-electron chi connectivity index (χ4n) is 5.30. The number of carbonyl (C=O) groups is 1. The number of hydrogen-bond acceptors (Lipinski definition) is 7. The minimum absolute atomic E-state index is 0.0525. The Morgan fingerprint density at radius 3 is 2.86 bits per heavy atom. The van der Waals surface area contributed by atoms with Gasteiger partial charge >= 0.3 is 5.97 Å². The first-order chi connectivity index (χ1) is 17.4. The summed E-state index contributed by atoms with van der Waals surface area (Å²) in [5.41, 5.74) is 0.997. The third-order valence-electron chi connectivity index (χ3n) is 7.51. The van der Waals surface area contributed by atoms with E-state index in [9.17, 15) is 15.0 Å². The quantitative estimate of drug-likeness (QED) is 0.343. The third kappa shape index (κ3) is 8.38. The third-order valence-corrected chi connectivity index (χ3v) is 7.51. The zero-order chi connectivity index (χ0) is 25.5. The molecule has 3 unspecified atom stereocenters. The van der Waals surface area contributed by atoms with Crippen molar-refractivity contribution in [3.8, 4) is 0 Å². The highest BCUT2D eigenvalue weighted by Gasteiger charge is 2.46. The molecule has 0 saturated carbocycles. The summed E-state index contributed by atoms with van der Waals surface area (Å²) >= 11 is 0. The number of epoxide rings is 1. The Balaban J connectivity index is 1.42. The van der Waals surface area contributed by atoms with Crippen molar-refractivity contribution in [2.75, 3.05) is 6.61 Å². The van der Waals surface area contributed by atoms with Crippen LogP contribution < -0.4 is 0 Å². The second-order valence-corrected chi connectivity index (χ2v) is 10.8. The summed E-state index contributed by atoms with van der Waals surface area (Å²) in [4.78, 5) is 12.6. The molecule has 9 atom stereocenters. The van der Waals surface area contributed by atoms with E-state index in [4.69, 9.17) is 18.9 Å². The molecular weight excluding hydrogens is 460 g/mol. The number of esters is 1. The number of cyclic esters (lactones) is 1. The van der Waals surface area contributed by atoms with Crippen LogP contribution in [-0.4, -0.2) is 71.6 Å². The molecule has 4 heterocycles. The zero-order valence-electron chi connectivity index (χ0n) is 21.4. The second kappa shape index (κ2) is 13.2. The highest BCUT2D eigenvalue weighted by atomic mass is 16.6. The molecule has 2 saturated heterocycles. The van der Waals surface area contributed by atoms with E-state index in [1.807, 2.05) is 12.2 Å².